The maximum Gasteiger partial charge on any atom is 0.341 e. The lowest BCUT2D eigenvalue weighted by Gasteiger charge is -2.11. The van der Waals surface area contributed by atoms with E-state index in [0.717, 1.165) is 6.07 Å². The molecule has 0 bridgehead atoms. The van der Waals surface area contributed by atoms with Gasteiger partial charge in [-0.25, -0.2) is 18.0 Å². The number of carbonyl (C=O) groups excluding carboxylic acids is 2. The van der Waals surface area contributed by atoms with E-state index in [9.17, 15) is 22.8 Å². The quantitative estimate of drug-likeness (QED) is 0.672. The lowest BCUT2D eigenvalue weighted by molar-refractivity contribution is -0.118. The van der Waals surface area contributed by atoms with Crippen LogP contribution in [0.15, 0.2) is 36.4 Å². The minimum absolute atomic E-state index is 0.0882. The first-order chi connectivity index (χ1) is 11.4. The Bertz CT molecular complexity index is 780. The van der Waals surface area contributed by atoms with E-state index in [1.54, 1.807) is 12.1 Å². The monoisotopic (exact) mass is 339 g/mol. The number of hydrogen-bond acceptors (Lipinski definition) is 4. The van der Waals surface area contributed by atoms with E-state index in [1.807, 2.05) is 5.32 Å². The average Bonchev–Trinajstić information content (AvgIpc) is 2.60. The zero-order valence-corrected chi connectivity index (χ0v) is 12.4. The summed E-state index contributed by atoms with van der Waals surface area (Å²) in [6.07, 6.45) is 0. The molecule has 24 heavy (non-hydrogen) atoms. The Kier molecular flexibility index (Phi) is 5.41. The van der Waals surface area contributed by atoms with Crippen molar-refractivity contribution >= 4 is 17.6 Å². The Morgan fingerprint density at radius 2 is 1.75 bits per heavy atom. The van der Waals surface area contributed by atoms with Crippen molar-refractivity contribution in [1.29, 1.82) is 0 Å². The Labute approximate surface area is 135 Å². The first-order valence-electron chi connectivity index (χ1n) is 6.67. The summed E-state index contributed by atoms with van der Waals surface area (Å²) in [6, 6.07) is 7.60. The summed E-state index contributed by atoms with van der Waals surface area (Å²) < 4.78 is 49.1. The zero-order chi connectivity index (χ0) is 17.7. The summed E-state index contributed by atoms with van der Waals surface area (Å²) in [5.74, 6) is -5.96. The highest BCUT2D eigenvalue weighted by Gasteiger charge is 2.17. The van der Waals surface area contributed by atoms with E-state index in [0.29, 0.717) is 6.07 Å². The number of esters is 1. The number of halogens is 3. The highest BCUT2D eigenvalue weighted by molar-refractivity contribution is 5.94. The van der Waals surface area contributed by atoms with Crippen molar-refractivity contribution in [2.75, 3.05) is 19.0 Å². The summed E-state index contributed by atoms with van der Waals surface area (Å²) in [4.78, 5) is 23.3. The van der Waals surface area contributed by atoms with Gasteiger partial charge in [-0.2, -0.15) is 0 Å². The molecule has 0 saturated heterocycles. The summed E-state index contributed by atoms with van der Waals surface area (Å²) in [5, 5.41) is 2.05. The molecule has 1 N–H and O–H groups in total. The van der Waals surface area contributed by atoms with Gasteiger partial charge in [0.25, 0.3) is 5.91 Å². The molecule has 0 aliphatic rings. The van der Waals surface area contributed by atoms with Gasteiger partial charge in [0.1, 0.15) is 11.3 Å². The van der Waals surface area contributed by atoms with Crippen molar-refractivity contribution in [3.05, 3.63) is 59.4 Å². The largest absolute Gasteiger partial charge is 0.483 e. The number of anilines is 1. The molecule has 5 nitrogen and oxygen atoms in total. The van der Waals surface area contributed by atoms with Gasteiger partial charge < -0.3 is 14.8 Å². The normalized spacial score (nSPS) is 10.2. The number of methoxy groups -OCH3 is 1. The van der Waals surface area contributed by atoms with Gasteiger partial charge in [0, 0.05) is 0 Å². The number of para-hydroxylation sites is 1. The van der Waals surface area contributed by atoms with Crippen molar-refractivity contribution in [2.45, 2.75) is 0 Å². The summed E-state index contributed by atoms with van der Waals surface area (Å²) in [5.41, 5.74) is -0.421. The van der Waals surface area contributed by atoms with Gasteiger partial charge in [0.15, 0.2) is 24.1 Å². The molecule has 0 radical (unpaired) electrons. The van der Waals surface area contributed by atoms with Crippen LogP contribution in [0, 0.1) is 17.5 Å². The molecule has 0 heterocycles. The molecular formula is C16H12F3NO4. The van der Waals surface area contributed by atoms with Gasteiger partial charge in [0.05, 0.1) is 12.8 Å². The maximum atomic E-state index is 13.5. The molecule has 0 aliphatic carbocycles. The number of amides is 1. The molecule has 126 valence electrons. The van der Waals surface area contributed by atoms with Gasteiger partial charge in [-0.1, -0.05) is 12.1 Å². The molecule has 0 aliphatic heterocycles. The van der Waals surface area contributed by atoms with Gasteiger partial charge in [-0.15, -0.1) is 0 Å². The van der Waals surface area contributed by atoms with Crippen LogP contribution in [0.1, 0.15) is 10.4 Å². The lowest BCUT2D eigenvalue weighted by Crippen LogP contribution is -2.22. The fourth-order valence-electron chi connectivity index (χ4n) is 1.82. The van der Waals surface area contributed by atoms with Crippen LogP contribution in [0.5, 0.6) is 5.75 Å². The lowest BCUT2D eigenvalue weighted by atomic mass is 10.2. The first kappa shape index (κ1) is 17.3. The molecule has 0 atom stereocenters. The SMILES string of the molecule is COC(=O)c1ccccc1OCC(=O)Nc1ccc(F)c(F)c1F. The highest BCUT2D eigenvalue weighted by Crippen LogP contribution is 2.21. The van der Waals surface area contributed by atoms with Gasteiger partial charge in [-0.05, 0) is 24.3 Å². The Morgan fingerprint density at radius 3 is 2.46 bits per heavy atom. The van der Waals surface area contributed by atoms with Crippen molar-refractivity contribution in [1.82, 2.24) is 0 Å². The highest BCUT2D eigenvalue weighted by atomic mass is 19.2. The Hall–Kier alpha value is -3.03. The second kappa shape index (κ2) is 7.49. The number of nitrogens with one attached hydrogen (secondary N) is 1. The molecule has 2 aromatic carbocycles. The van der Waals surface area contributed by atoms with Crippen LogP contribution < -0.4 is 10.1 Å². The van der Waals surface area contributed by atoms with Crippen molar-refractivity contribution < 1.29 is 32.2 Å². The summed E-state index contributed by atoms with van der Waals surface area (Å²) in [7, 11) is 1.19. The Balaban J connectivity index is 2.05. The second-order valence-electron chi connectivity index (χ2n) is 4.55. The van der Waals surface area contributed by atoms with E-state index in [4.69, 9.17) is 4.74 Å². The molecular weight excluding hydrogens is 327 g/mol. The molecule has 2 aromatic rings. The van der Waals surface area contributed by atoms with E-state index in [-0.39, 0.29) is 11.3 Å². The first-order valence-corrected chi connectivity index (χ1v) is 6.67. The molecule has 1 amide bonds. The van der Waals surface area contributed by atoms with Crippen LogP contribution in [0.3, 0.4) is 0 Å². The van der Waals surface area contributed by atoms with E-state index < -0.39 is 41.6 Å². The smallest absolute Gasteiger partial charge is 0.341 e. The summed E-state index contributed by atoms with van der Waals surface area (Å²) in [6.45, 7) is -0.577. The number of carbonyl (C=O) groups is 2. The maximum absolute atomic E-state index is 13.5. The molecule has 0 unspecified atom stereocenters. The fourth-order valence-corrected chi connectivity index (χ4v) is 1.82. The fraction of sp³-hybridized carbons (Fsp3) is 0.125. The van der Waals surface area contributed by atoms with Crippen molar-refractivity contribution in [3.63, 3.8) is 0 Å². The molecule has 0 saturated carbocycles. The third-order valence-corrected chi connectivity index (χ3v) is 2.96. The van der Waals surface area contributed by atoms with Crippen LogP contribution in [0.25, 0.3) is 0 Å². The third kappa shape index (κ3) is 3.83. The van der Waals surface area contributed by atoms with Crippen LogP contribution in [0.4, 0.5) is 18.9 Å². The van der Waals surface area contributed by atoms with E-state index in [2.05, 4.69) is 4.74 Å². The molecule has 0 fully saturated rings. The average molecular weight is 339 g/mol. The number of hydrogen-bond donors (Lipinski definition) is 1. The number of rotatable bonds is 5. The molecule has 0 aromatic heterocycles. The minimum atomic E-state index is -1.69. The number of ether oxygens (including phenoxy) is 2. The Morgan fingerprint density at radius 1 is 1.04 bits per heavy atom. The molecule has 8 heteroatoms. The van der Waals surface area contributed by atoms with Crippen LogP contribution in [0.2, 0.25) is 0 Å². The van der Waals surface area contributed by atoms with Crippen LogP contribution >= 0.6 is 0 Å². The zero-order valence-electron chi connectivity index (χ0n) is 12.4. The summed E-state index contributed by atoms with van der Waals surface area (Å²) >= 11 is 0. The van der Waals surface area contributed by atoms with E-state index in [1.165, 1.54) is 19.2 Å². The standard InChI is InChI=1S/C16H12F3NO4/c1-23-16(22)9-4-2-3-5-12(9)24-8-13(21)20-11-7-6-10(17)14(18)15(11)19/h2-7H,8H2,1H3,(H,20,21). The van der Waals surface area contributed by atoms with Gasteiger partial charge in [-0.3, -0.25) is 4.79 Å². The predicted octanol–water partition coefficient (Wildman–Crippen LogP) is 2.91. The minimum Gasteiger partial charge on any atom is -0.483 e. The van der Waals surface area contributed by atoms with Gasteiger partial charge in [0.2, 0.25) is 0 Å². The topological polar surface area (TPSA) is 64.6 Å². The molecule has 2 rings (SSSR count). The van der Waals surface area contributed by atoms with Crippen LogP contribution in [-0.4, -0.2) is 25.6 Å². The third-order valence-electron chi connectivity index (χ3n) is 2.96. The van der Waals surface area contributed by atoms with Crippen LogP contribution in [-0.2, 0) is 9.53 Å². The molecule has 0 spiro atoms. The number of benzene rings is 2. The predicted molar refractivity (Wildman–Crippen MR) is 78.2 cm³/mol. The van der Waals surface area contributed by atoms with Crippen molar-refractivity contribution in [3.8, 4) is 5.75 Å². The van der Waals surface area contributed by atoms with Crippen molar-refractivity contribution in [2.24, 2.45) is 0 Å². The second-order valence-corrected chi connectivity index (χ2v) is 4.55. The van der Waals surface area contributed by atoms with Gasteiger partial charge >= 0.3 is 5.97 Å². The van der Waals surface area contributed by atoms with E-state index >= 15 is 0 Å².